The van der Waals surface area contributed by atoms with E-state index in [-0.39, 0.29) is 13.1 Å². The van der Waals surface area contributed by atoms with Gasteiger partial charge in [-0.25, -0.2) is 4.98 Å². The fourth-order valence-electron chi connectivity index (χ4n) is 11.3. The molecule has 21 fully saturated rings. The van der Waals surface area contributed by atoms with E-state index in [9.17, 15) is 102 Å². The van der Waals surface area contributed by atoms with Crippen molar-refractivity contribution in [2.75, 3.05) is 52.7 Å². The number of aromatic nitrogens is 2. The van der Waals surface area contributed by atoms with E-state index in [0.29, 0.717) is 12.1 Å². The number of aliphatic hydroxyl groups is 20. The Morgan fingerprint density at radius 1 is 0.310 bits per heavy atom. The molecule has 0 aromatic carbocycles. The maximum atomic E-state index is 11.8. The molecule has 0 unspecified atom stereocenters. The summed E-state index contributed by atoms with van der Waals surface area (Å²) in [5, 5.41) is 226. The lowest BCUT2D eigenvalue weighted by atomic mass is 9.95. The van der Waals surface area contributed by atoms with Crippen LogP contribution >= 0.6 is 0 Å². The fraction of sp³-hybridized carbons (Fsp3) is 0.936. The Morgan fingerprint density at radius 3 is 0.726 bits per heavy atom. The molecule has 22 heterocycles. The van der Waals surface area contributed by atoms with Gasteiger partial charge in [-0.05, 0) is 0 Å². The number of imidazole rings is 1. The Labute approximate surface area is 475 Å². The summed E-state index contributed by atoms with van der Waals surface area (Å²) in [6.07, 6.45) is -65.9. The highest BCUT2D eigenvalue weighted by molar-refractivity contribution is 5.02. The Kier molecular flexibility index (Phi) is 22.7. The van der Waals surface area contributed by atoms with Gasteiger partial charge in [0.1, 0.15) is 171 Å². The van der Waals surface area contributed by atoms with Crippen molar-refractivity contribution in [2.24, 2.45) is 0 Å². The van der Waals surface area contributed by atoms with Gasteiger partial charge in [0, 0.05) is 31.4 Å². The van der Waals surface area contributed by atoms with E-state index in [1.54, 1.807) is 6.20 Å². The van der Waals surface area contributed by atoms with Crippen molar-refractivity contribution in [1.82, 2.24) is 15.3 Å². The van der Waals surface area contributed by atoms with Crippen molar-refractivity contribution in [1.29, 1.82) is 0 Å². The first-order chi connectivity index (χ1) is 40.2. The number of H-pyrrole nitrogens is 1. The maximum Gasteiger partial charge on any atom is 0.187 e. The monoisotopic (exact) mass is 1230 g/mol. The first kappa shape index (κ1) is 66.2. The van der Waals surface area contributed by atoms with Gasteiger partial charge in [0.05, 0.1) is 46.0 Å². The summed E-state index contributed by atoms with van der Waals surface area (Å²) in [6.45, 7) is -6.26. The van der Waals surface area contributed by atoms with Crippen LogP contribution in [0.4, 0.5) is 0 Å². The number of ether oxygens (including phenoxy) is 14. The van der Waals surface area contributed by atoms with Crippen LogP contribution in [0.15, 0.2) is 12.5 Å². The van der Waals surface area contributed by atoms with Crippen LogP contribution in [0.2, 0.25) is 0 Å². The smallest absolute Gasteiger partial charge is 0.187 e. The summed E-state index contributed by atoms with van der Waals surface area (Å²) < 4.78 is 81.3. The lowest BCUT2D eigenvalue weighted by Crippen LogP contribution is -2.68. The molecule has 22 rings (SSSR count). The van der Waals surface area contributed by atoms with E-state index in [1.807, 2.05) is 0 Å². The van der Waals surface area contributed by atoms with Gasteiger partial charge >= 0.3 is 0 Å². The zero-order valence-corrected chi connectivity index (χ0v) is 44.3. The number of hydrogen-bond acceptors (Lipinski definition) is 36. The van der Waals surface area contributed by atoms with E-state index in [0.717, 1.165) is 0 Å². The molecule has 0 amide bonds. The number of nitrogens with one attached hydrogen (secondary N) is 2. The van der Waals surface area contributed by atoms with Crippen molar-refractivity contribution in [2.45, 2.75) is 221 Å². The number of aromatic amines is 1. The predicted molar refractivity (Wildman–Crippen MR) is 257 cm³/mol. The second-order valence-corrected chi connectivity index (χ2v) is 21.5. The number of aliphatic hydroxyl groups excluding tert-OH is 20. The van der Waals surface area contributed by atoms with Crippen LogP contribution in [0.3, 0.4) is 0 Å². The predicted octanol–water partition coefficient (Wildman–Crippen LogP) is -14.7. The van der Waals surface area contributed by atoms with Crippen LogP contribution in [0.5, 0.6) is 0 Å². The van der Waals surface area contributed by atoms with Gasteiger partial charge in [0.15, 0.2) is 44.0 Å². The van der Waals surface area contributed by atoms with E-state index < -0.39 is 255 Å². The third-order valence-corrected chi connectivity index (χ3v) is 16.1. The van der Waals surface area contributed by atoms with Gasteiger partial charge in [-0.15, -0.1) is 0 Å². The van der Waals surface area contributed by atoms with Gasteiger partial charge < -0.3 is 179 Å². The Hall–Kier alpha value is -2.19. The Bertz CT molecular complexity index is 2140. The van der Waals surface area contributed by atoms with Crippen molar-refractivity contribution < 1.29 is 168 Å². The molecule has 0 spiro atoms. The van der Waals surface area contributed by atoms with Gasteiger partial charge in [-0.1, -0.05) is 0 Å². The third-order valence-electron chi connectivity index (χ3n) is 16.1. The second-order valence-electron chi connectivity index (χ2n) is 21.5. The summed E-state index contributed by atoms with van der Waals surface area (Å²) in [5.74, 6) is 0. The lowest BCUT2D eigenvalue weighted by Gasteiger charge is -2.50. The normalized spacial score (nSPS) is 51.7. The van der Waals surface area contributed by atoms with Crippen LogP contribution in [0.1, 0.15) is 5.69 Å². The largest absolute Gasteiger partial charge is 0.394 e. The molecule has 21 saturated heterocycles. The molecule has 14 bridgehead atoms. The molecular weight excluding hydrogens is 1150 g/mol. The highest BCUT2D eigenvalue weighted by Gasteiger charge is 2.59. The molecule has 22 N–H and O–H groups in total. The summed E-state index contributed by atoms with van der Waals surface area (Å²) >= 11 is 0. The van der Waals surface area contributed by atoms with Gasteiger partial charge in [-0.3, -0.25) is 0 Å². The van der Waals surface area contributed by atoms with E-state index in [2.05, 4.69) is 15.3 Å². The number of rotatable bonds is 11. The van der Waals surface area contributed by atoms with Crippen LogP contribution in [-0.4, -0.2) is 380 Å². The molecule has 37 nitrogen and oxygen atoms in total. The minimum absolute atomic E-state index is 0.213. The molecule has 35 atom stereocenters. The molecule has 37 heteroatoms. The molecule has 21 aliphatic heterocycles. The molecule has 21 aliphatic rings. The minimum Gasteiger partial charge on any atom is -0.394 e. The van der Waals surface area contributed by atoms with Gasteiger partial charge in [-0.2, -0.15) is 0 Å². The second kappa shape index (κ2) is 28.7. The summed E-state index contributed by atoms with van der Waals surface area (Å²) in [6, 6.07) is 0. The molecule has 484 valence electrons. The van der Waals surface area contributed by atoms with Crippen LogP contribution in [-0.2, 0) is 72.7 Å². The molecular formula is C47H77N3O34. The fourth-order valence-corrected chi connectivity index (χ4v) is 11.3. The molecule has 0 saturated carbocycles. The molecule has 1 aromatic rings. The maximum absolute atomic E-state index is 11.8. The molecule has 0 aliphatic carbocycles. The minimum atomic E-state index is -2.21. The Morgan fingerprint density at radius 2 is 0.524 bits per heavy atom. The first-order valence-corrected chi connectivity index (χ1v) is 27.2. The van der Waals surface area contributed by atoms with E-state index >= 15 is 0 Å². The van der Waals surface area contributed by atoms with E-state index in [4.69, 9.17) is 66.3 Å². The summed E-state index contributed by atoms with van der Waals surface area (Å²) in [7, 11) is 0. The zero-order chi connectivity index (χ0) is 60.6. The van der Waals surface area contributed by atoms with Gasteiger partial charge in [0.2, 0.25) is 0 Å². The van der Waals surface area contributed by atoms with E-state index in [1.165, 1.54) is 6.33 Å². The standard InChI is InChI=1S/C47H77N3O34/c51-5-14-35-22(59)29(66)43(73-14)81-37-16(7-53)75-45(31(68)24(37)61)83-39-18(9-55)77-47(33(70)26(39)63)84-40-19(10-56)76-46(32(69)25(40)62)82-38-17(8-54)74-44(30(67)23(38)60)80-36-15(6-52)72-42(28(65)21(36)58)78-34-13(71-41(79-35)27(64)20(34)57)4-48-2-1-12-3-49-11-50-12/h3,11,13-48,51-70H,1-2,4-10H2,(H,49,50)/t13-,14-,15-,16-,17-,18-,19-,20-,21-,22-,23-,24-,25-,26-,27-,28-,29-,30-,31-,32-,33-,34-,35-,36-,37-,38-,39-,40-,41-,42-,43-,44-,45-,46-,47-/m1/s1. The third kappa shape index (κ3) is 13.5. The topological polar surface area (TPSA) is 575 Å². The molecule has 0 radical (unpaired) electrons. The van der Waals surface area contributed by atoms with Crippen LogP contribution in [0.25, 0.3) is 0 Å². The number of nitrogens with zero attached hydrogens (tertiary/aromatic N) is 1. The SMILES string of the molecule is OC[C@H]1O[C@@H]2O[C@H]3[C@H](O)[C@@H](O)[C@@H](O[C@H]4[C@H](O)[C@@H](O)[C@@H](O[C@H]5[C@H](O)[C@@H](O)[C@@H](O[C@H]6[C@H](O)[C@@H](O)[C@@H](O[C@H]7[C@H](O)[C@@H](O)[C@@H](O[C@H]8[C@H](O)[C@@H](O)[C@@H](O[C@H]1[C@H](O)[C@H]2O)O[C@@H]8CO)O[C@@H]7CO)O[C@@H]6CO)O[C@@H]5CNCCc1cnc[nH]1)O[C@@H]4CO)O[C@@H]3CO. The van der Waals surface area contributed by atoms with Crippen molar-refractivity contribution >= 4 is 0 Å². The zero-order valence-electron chi connectivity index (χ0n) is 44.3. The number of hydrogen-bond donors (Lipinski definition) is 22. The van der Waals surface area contributed by atoms with Crippen molar-refractivity contribution in [3.8, 4) is 0 Å². The summed E-state index contributed by atoms with van der Waals surface area (Å²) in [5.41, 5.74) is 0.702. The first-order valence-electron chi connectivity index (χ1n) is 27.2. The quantitative estimate of drug-likeness (QED) is 0.0915. The average Bonchev–Trinajstić information content (AvgIpc) is 1.60. The highest BCUT2D eigenvalue weighted by Crippen LogP contribution is 2.39. The van der Waals surface area contributed by atoms with Crippen molar-refractivity contribution in [3.05, 3.63) is 18.2 Å². The Balaban J connectivity index is 1.00. The lowest BCUT2D eigenvalue weighted by molar-refractivity contribution is -0.396. The van der Waals surface area contributed by atoms with Crippen LogP contribution in [0, 0.1) is 0 Å². The highest BCUT2D eigenvalue weighted by atomic mass is 16.8. The summed E-state index contributed by atoms with van der Waals surface area (Å²) in [4.78, 5) is 6.89. The van der Waals surface area contributed by atoms with Gasteiger partial charge in [0.25, 0.3) is 0 Å². The average molecular weight is 1230 g/mol. The molecule has 84 heavy (non-hydrogen) atoms. The molecule has 1 aromatic heterocycles. The van der Waals surface area contributed by atoms with Crippen molar-refractivity contribution in [3.63, 3.8) is 0 Å². The van der Waals surface area contributed by atoms with Crippen LogP contribution < -0.4 is 5.32 Å².